The summed E-state index contributed by atoms with van der Waals surface area (Å²) >= 11 is 1.24. The smallest absolute Gasteiger partial charge is 0.271 e. The van der Waals surface area contributed by atoms with E-state index in [4.69, 9.17) is 4.99 Å². The number of nitrogens with zero attached hydrogens (tertiary/aromatic N) is 3. The van der Waals surface area contributed by atoms with Crippen LogP contribution in [0.1, 0.15) is 42.0 Å². The van der Waals surface area contributed by atoms with Gasteiger partial charge < -0.3 is 0 Å². The highest BCUT2D eigenvalue weighted by molar-refractivity contribution is 7.07. The Bertz CT molecular complexity index is 1840. The second-order valence-corrected chi connectivity index (χ2v) is 10.4. The maximum Gasteiger partial charge on any atom is 0.271 e. The average molecular weight is 542 g/mol. The number of non-ortho nitro benzene ring substituents is 1. The third kappa shape index (κ3) is 4.77. The summed E-state index contributed by atoms with van der Waals surface area (Å²) in [6.07, 6.45) is 6.07. The lowest BCUT2D eigenvalue weighted by Crippen LogP contribution is -2.39. The fourth-order valence-electron chi connectivity index (χ4n) is 5.11. The molecule has 4 aromatic rings. The molecule has 3 aromatic carbocycles. The van der Waals surface area contributed by atoms with Crippen molar-refractivity contribution in [1.29, 1.82) is 0 Å². The molecule has 0 saturated heterocycles. The van der Waals surface area contributed by atoms with Crippen LogP contribution in [-0.4, -0.2) is 9.49 Å². The van der Waals surface area contributed by atoms with E-state index in [1.807, 2.05) is 6.08 Å². The van der Waals surface area contributed by atoms with E-state index >= 15 is 0 Å². The molecular formula is C30H21F2N3O3S. The first-order valence-electron chi connectivity index (χ1n) is 12.4. The highest BCUT2D eigenvalue weighted by Gasteiger charge is 2.32. The van der Waals surface area contributed by atoms with Crippen LogP contribution in [0.5, 0.6) is 0 Å². The molecule has 0 spiro atoms. The number of fused-ring (bicyclic) bond motifs is 1. The van der Waals surface area contributed by atoms with Crippen molar-refractivity contribution in [3.8, 4) is 0 Å². The minimum Gasteiger partial charge on any atom is -0.272 e. The van der Waals surface area contributed by atoms with Gasteiger partial charge in [-0.1, -0.05) is 35.6 Å². The lowest BCUT2D eigenvalue weighted by molar-refractivity contribution is -0.384. The van der Waals surface area contributed by atoms with Crippen molar-refractivity contribution in [2.45, 2.75) is 25.3 Å². The number of thiazole rings is 1. The zero-order valence-electron chi connectivity index (χ0n) is 20.5. The molecule has 6 nitrogen and oxygen atoms in total. The van der Waals surface area contributed by atoms with Crippen LogP contribution in [0.2, 0.25) is 0 Å². The average Bonchev–Trinajstić information content (AvgIpc) is 3.24. The molecule has 0 radical (unpaired) electrons. The Labute approximate surface area is 225 Å². The van der Waals surface area contributed by atoms with Gasteiger partial charge in [0, 0.05) is 12.1 Å². The van der Waals surface area contributed by atoms with Gasteiger partial charge in [-0.15, -0.1) is 0 Å². The lowest BCUT2D eigenvalue weighted by atomic mass is 9.84. The van der Waals surface area contributed by atoms with Crippen molar-refractivity contribution < 1.29 is 13.7 Å². The number of hydrogen-bond acceptors (Lipinski definition) is 5. The molecule has 1 aromatic heterocycles. The molecule has 6 rings (SSSR count). The fraction of sp³-hybridized carbons (Fsp3) is 0.133. The van der Waals surface area contributed by atoms with Crippen molar-refractivity contribution in [2.24, 2.45) is 4.99 Å². The zero-order chi connectivity index (χ0) is 27.1. The van der Waals surface area contributed by atoms with E-state index in [0.717, 1.165) is 47.2 Å². The molecule has 1 unspecified atom stereocenters. The standard InChI is InChI=1S/C30H21F2N3O3S/c31-22-10-4-18(5-11-22)16-21-2-1-3-25-27(21)33-30-34(28(25)20-8-12-23(32)13-9-20)29(36)26(39-30)17-19-6-14-24(15-7-19)35(37)38/h4-17,28H,1-3H2/b21-16+,26-17+. The highest BCUT2D eigenvalue weighted by Crippen LogP contribution is 2.41. The fourth-order valence-corrected chi connectivity index (χ4v) is 6.11. The van der Waals surface area contributed by atoms with Gasteiger partial charge in [0.2, 0.25) is 0 Å². The molecule has 39 heavy (non-hydrogen) atoms. The van der Waals surface area contributed by atoms with Crippen molar-refractivity contribution in [3.05, 3.63) is 148 Å². The Kier molecular flexibility index (Phi) is 6.36. The third-order valence-electron chi connectivity index (χ3n) is 6.93. The van der Waals surface area contributed by atoms with E-state index in [1.165, 1.54) is 47.7 Å². The lowest BCUT2D eigenvalue weighted by Gasteiger charge is -2.31. The van der Waals surface area contributed by atoms with Crippen molar-refractivity contribution in [1.82, 2.24) is 4.57 Å². The first-order chi connectivity index (χ1) is 18.9. The molecule has 0 bridgehead atoms. The molecule has 1 aliphatic heterocycles. The number of aromatic nitrogens is 1. The van der Waals surface area contributed by atoms with E-state index in [-0.39, 0.29) is 22.9 Å². The molecule has 2 aliphatic rings. The maximum atomic E-state index is 13.8. The molecule has 2 heterocycles. The van der Waals surface area contributed by atoms with E-state index < -0.39 is 11.0 Å². The predicted molar refractivity (Wildman–Crippen MR) is 146 cm³/mol. The van der Waals surface area contributed by atoms with Gasteiger partial charge in [-0.05, 0) is 95.6 Å². The minimum absolute atomic E-state index is 0.0296. The normalized spacial score (nSPS) is 18.1. The largest absolute Gasteiger partial charge is 0.272 e. The molecule has 194 valence electrons. The van der Waals surface area contributed by atoms with Crippen LogP contribution in [0.15, 0.2) is 99.4 Å². The van der Waals surface area contributed by atoms with Crippen LogP contribution in [0, 0.1) is 21.7 Å². The Hall–Kier alpha value is -4.50. The Morgan fingerprint density at radius 1 is 0.897 bits per heavy atom. The summed E-state index contributed by atoms with van der Waals surface area (Å²) in [5, 5.41) is 11.0. The SMILES string of the molecule is O=c1/c(=C\c2ccc([N+](=O)[O-])cc2)sc2n1C(c1ccc(F)cc1)C1=C(N=2)/C(=C/c2ccc(F)cc2)CCC1. The van der Waals surface area contributed by atoms with Gasteiger partial charge in [0.1, 0.15) is 11.6 Å². The minimum atomic E-state index is -0.470. The number of benzene rings is 3. The molecule has 0 amide bonds. The molecule has 0 saturated carbocycles. The summed E-state index contributed by atoms with van der Waals surface area (Å²) < 4.78 is 29.4. The summed E-state index contributed by atoms with van der Waals surface area (Å²) in [7, 11) is 0. The van der Waals surface area contributed by atoms with E-state index in [0.29, 0.717) is 14.9 Å². The van der Waals surface area contributed by atoms with E-state index in [9.17, 15) is 23.7 Å². The molecule has 1 aliphatic carbocycles. The summed E-state index contributed by atoms with van der Waals surface area (Å²) in [6, 6.07) is 18.0. The van der Waals surface area contributed by atoms with Crippen molar-refractivity contribution in [3.63, 3.8) is 0 Å². The molecule has 0 N–H and O–H groups in total. The van der Waals surface area contributed by atoms with Gasteiger partial charge in [0.05, 0.1) is 21.2 Å². The van der Waals surface area contributed by atoms with Gasteiger partial charge in [-0.25, -0.2) is 13.8 Å². The van der Waals surface area contributed by atoms with Crippen LogP contribution >= 0.6 is 11.3 Å². The van der Waals surface area contributed by atoms with E-state index in [1.54, 1.807) is 47.0 Å². The number of nitro groups is 1. The number of nitro benzene ring substituents is 1. The van der Waals surface area contributed by atoms with Gasteiger partial charge >= 0.3 is 0 Å². The summed E-state index contributed by atoms with van der Waals surface area (Å²) in [6.45, 7) is 0. The van der Waals surface area contributed by atoms with E-state index in [2.05, 4.69) is 0 Å². The second-order valence-electron chi connectivity index (χ2n) is 9.43. The summed E-state index contributed by atoms with van der Waals surface area (Å²) in [5.41, 5.74) is 4.83. The predicted octanol–water partition coefficient (Wildman–Crippen LogP) is 5.67. The summed E-state index contributed by atoms with van der Waals surface area (Å²) in [4.78, 5) is 29.8. The van der Waals surface area contributed by atoms with Crippen LogP contribution in [0.25, 0.3) is 12.2 Å². The zero-order valence-corrected chi connectivity index (χ0v) is 21.3. The Balaban J connectivity index is 1.54. The molecule has 0 fully saturated rings. The third-order valence-corrected chi connectivity index (χ3v) is 7.91. The van der Waals surface area contributed by atoms with Crippen LogP contribution in [0.4, 0.5) is 14.5 Å². The Morgan fingerprint density at radius 2 is 1.51 bits per heavy atom. The van der Waals surface area contributed by atoms with Gasteiger partial charge in [0.15, 0.2) is 4.80 Å². The topological polar surface area (TPSA) is 77.5 Å². The van der Waals surface area contributed by atoms with Gasteiger partial charge in [-0.2, -0.15) is 0 Å². The number of rotatable bonds is 4. The highest BCUT2D eigenvalue weighted by atomic mass is 32.1. The quantitative estimate of drug-likeness (QED) is 0.247. The first-order valence-corrected chi connectivity index (χ1v) is 13.2. The number of halogens is 2. The van der Waals surface area contributed by atoms with Crippen molar-refractivity contribution in [2.75, 3.05) is 0 Å². The molecule has 9 heteroatoms. The monoisotopic (exact) mass is 541 g/mol. The maximum absolute atomic E-state index is 13.8. The van der Waals surface area contributed by atoms with Crippen LogP contribution in [0.3, 0.4) is 0 Å². The van der Waals surface area contributed by atoms with Gasteiger partial charge in [-0.3, -0.25) is 19.5 Å². The summed E-state index contributed by atoms with van der Waals surface area (Å²) in [5.74, 6) is -0.669. The first kappa shape index (κ1) is 24.8. The van der Waals surface area contributed by atoms with Crippen LogP contribution < -0.4 is 14.9 Å². The van der Waals surface area contributed by atoms with Crippen LogP contribution in [-0.2, 0) is 0 Å². The molecule has 1 atom stereocenters. The van der Waals surface area contributed by atoms with Crippen molar-refractivity contribution >= 4 is 29.2 Å². The van der Waals surface area contributed by atoms with Gasteiger partial charge in [0.25, 0.3) is 11.2 Å². The molecular weight excluding hydrogens is 520 g/mol. The Morgan fingerprint density at radius 3 is 2.18 bits per heavy atom. The number of allylic oxidation sites excluding steroid dienone is 2. The number of hydrogen-bond donors (Lipinski definition) is 0. The second kappa shape index (κ2) is 9.99.